The molecule has 0 radical (unpaired) electrons. The molecule has 1 N–H and O–H groups in total. The number of nitrogens with one attached hydrogen (secondary N) is 1. The van der Waals surface area contributed by atoms with Crippen molar-refractivity contribution in [2.24, 2.45) is 0 Å². The number of carbonyl (C=O) groups is 1. The highest BCUT2D eigenvalue weighted by atomic mass is 16.5. The van der Waals surface area contributed by atoms with Crippen LogP contribution in [0.15, 0.2) is 48.8 Å². The number of hydrogen-bond acceptors (Lipinski definition) is 4. The molecule has 1 aromatic carbocycles. The van der Waals surface area contributed by atoms with Crippen molar-refractivity contribution in [3.63, 3.8) is 0 Å². The van der Waals surface area contributed by atoms with Gasteiger partial charge >= 0.3 is 0 Å². The van der Waals surface area contributed by atoms with Gasteiger partial charge in [-0.25, -0.2) is 0 Å². The summed E-state index contributed by atoms with van der Waals surface area (Å²) in [5.41, 5.74) is 3.49. The Morgan fingerprint density at radius 3 is 2.81 bits per heavy atom. The Labute approximate surface area is 160 Å². The number of ether oxygens (including phenoxy) is 1. The van der Waals surface area contributed by atoms with Crippen LogP contribution in [-0.4, -0.2) is 49.1 Å². The van der Waals surface area contributed by atoms with Gasteiger partial charge in [-0.2, -0.15) is 0 Å². The summed E-state index contributed by atoms with van der Waals surface area (Å²) in [6.45, 7) is 3.95. The number of benzene rings is 1. The van der Waals surface area contributed by atoms with E-state index in [-0.39, 0.29) is 17.4 Å². The lowest BCUT2D eigenvalue weighted by Gasteiger charge is -2.40. The zero-order valence-electron chi connectivity index (χ0n) is 15.9. The molecule has 1 aromatic heterocycles. The van der Waals surface area contributed by atoms with Crippen molar-refractivity contribution in [1.82, 2.24) is 15.2 Å². The van der Waals surface area contributed by atoms with Crippen LogP contribution in [0.3, 0.4) is 0 Å². The van der Waals surface area contributed by atoms with E-state index in [1.165, 1.54) is 11.1 Å². The van der Waals surface area contributed by atoms with Crippen molar-refractivity contribution in [1.29, 1.82) is 0 Å². The third kappa shape index (κ3) is 3.62. The van der Waals surface area contributed by atoms with E-state index in [0.717, 1.165) is 45.5 Å². The molecule has 4 rings (SSSR count). The number of hydrogen-bond donors (Lipinski definition) is 1. The van der Waals surface area contributed by atoms with Crippen molar-refractivity contribution >= 4 is 5.91 Å². The Morgan fingerprint density at radius 2 is 2.07 bits per heavy atom. The van der Waals surface area contributed by atoms with E-state index in [4.69, 9.17) is 4.74 Å². The molecular weight excluding hydrogens is 338 g/mol. The maximum Gasteiger partial charge on any atom is 0.253 e. The number of fused-ring (bicyclic) bond motifs is 2. The van der Waals surface area contributed by atoms with Crippen LogP contribution in [0.2, 0.25) is 0 Å². The van der Waals surface area contributed by atoms with E-state index < -0.39 is 0 Å². The van der Waals surface area contributed by atoms with Gasteiger partial charge < -0.3 is 15.0 Å². The molecule has 1 fully saturated rings. The Morgan fingerprint density at radius 1 is 1.26 bits per heavy atom. The Kier molecular flexibility index (Phi) is 5.23. The van der Waals surface area contributed by atoms with Gasteiger partial charge in [-0.3, -0.25) is 9.78 Å². The minimum Gasteiger partial charge on any atom is -0.383 e. The van der Waals surface area contributed by atoms with Crippen LogP contribution in [0.25, 0.3) is 0 Å². The van der Waals surface area contributed by atoms with Gasteiger partial charge in [-0.05, 0) is 55.6 Å². The van der Waals surface area contributed by atoms with Crippen LogP contribution >= 0.6 is 0 Å². The van der Waals surface area contributed by atoms with E-state index in [1.807, 2.05) is 6.07 Å². The molecule has 27 heavy (non-hydrogen) atoms. The Balaban J connectivity index is 1.51. The third-order valence-electron chi connectivity index (χ3n) is 6.16. The fourth-order valence-electron chi connectivity index (χ4n) is 4.66. The highest BCUT2D eigenvalue weighted by Crippen LogP contribution is 2.50. The second kappa shape index (κ2) is 7.79. The van der Waals surface area contributed by atoms with Crippen LogP contribution in [0.5, 0.6) is 0 Å². The Hall–Kier alpha value is -2.24. The predicted molar refractivity (Wildman–Crippen MR) is 105 cm³/mol. The average Bonchev–Trinajstić information content (AvgIpc) is 3.02. The highest BCUT2D eigenvalue weighted by Gasteiger charge is 2.45. The molecule has 1 aliphatic carbocycles. The maximum atomic E-state index is 12.7. The van der Waals surface area contributed by atoms with Crippen molar-refractivity contribution in [2.45, 2.75) is 30.7 Å². The molecule has 5 nitrogen and oxygen atoms in total. The minimum absolute atomic E-state index is 0.0440. The fourth-order valence-corrected chi connectivity index (χ4v) is 4.66. The van der Waals surface area contributed by atoms with Gasteiger partial charge in [0.25, 0.3) is 5.91 Å². The van der Waals surface area contributed by atoms with E-state index in [0.29, 0.717) is 5.56 Å². The van der Waals surface area contributed by atoms with E-state index in [9.17, 15) is 4.79 Å². The molecule has 1 saturated heterocycles. The zero-order valence-corrected chi connectivity index (χ0v) is 15.9. The van der Waals surface area contributed by atoms with Crippen molar-refractivity contribution < 1.29 is 9.53 Å². The first-order valence-corrected chi connectivity index (χ1v) is 9.73. The monoisotopic (exact) mass is 365 g/mol. The fraction of sp³-hybridized carbons (Fsp3) is 0.455. The predicted octanol–water partition coefficient (Wildman–Crippen LogP) is 2.94. The molecule has 2 aromatic rings. The molecule has 2 heterocycles. The molecule has 1 spiro atoms. The number of methoxy groups -OCH3 is 1. The summed E-state index contributed by atoms with van der Waals surface area (Å²) in [4.78, 5) is 19.2. The zero-order chi connectivity index (χ0) is 18.7. The van der Waals surface area contributed by atoms with Gasteiger partial charge in [0.05, 0.1) is 18.2 Å². The van der Waals surface area contributed by atoms with Crippen molar-refractivity contribution in [2.75, 3.05) is 33.4 Å². The standard InChI is InChI=1S/C22H27N3O2/c1-27-14-13-25-11-8-22(9-12-25)15-20(18-6-2-3-7-19(18)22)24-21(26)17-5-4-10-23-16-17/h2-7,10,16,20H,8-9,11-15H2,1H3,(H,24,26). The first-order valence-electron chi connectivity index (χ1n) is 9.73. The summed E-state index contributed by atoms with van der Waals surface area (Å²) in [5, 5.41) is 3.26. The molecule has 1 aliphatic heterocycles. The summed E-state index contributed by atoms with van der Waals surface area (Å²) < 4.78 is 5.23. The van der Waals surface area contributed by atoms with Crippen LogP contribution in [0.1, 0.15) is 46.8 Å². The summed E-state index contributed by atoms with van der Waals surface area (Å²) >= 11 is 0. The number of amides is 1. The van der Waals surface area contributed by atoms with Gasteiger partial charge in [0.15, 0.2) is 0 Å². The number of aromatic nitrogens is 1. The van der Waals surface area contributed by atoms with Gasteiger partial charge in [0.2, 0.25) is 0 Å². The molecule has 5 heteroatoms. The molecule has 0 bridgehead atoms. The first kappa shape index (κ1) is 18.1. The molecule has 1 unspecified atom stereocenters. The highest BCUT2D eigenvalue weighted by molar-refractivity contribution is 5.94. The smallest absolute Gasteiger partial charge is 0.253 e. The molecule has 0 saturated carbocycles. The van der Waals surface area contributed by atoms with Gasteiger partial charge in [-0.1, -0.05) is 24.3 Å². The van der Waals surface area contributed by atoms with Crippen molar-refractivity contribution in [3.05, 3.63) is 65.5 Å². The number of pyridine rings is 1. The first-order chi connectivity index (χ1) is 13.2. The van der Waals surface area contributed by atoms with Crippen LogP contribution < -0.4 is 5.32 Å². The number of likely N-dealkylation sites (tertiary alicyclic amines) is 1. The van der Waals surface area contributed by atoms with Gasteiger partial charge in [0.1, 0.15) is 0 Å². The second-order valence-corrected chi connectivity index (χ2v) is 7.67. The normalized spacial score (nSPS) is 21.1. The minimum atomic E-state index is -0.0440. The number of nitrogens with zero attached hydrogens (tertiary/aromatic N) is 2. The number of carbonyl (C=O) groups excluding carboxylic acids is 1. The summed E-state index contributed by atoms with van der Waals surface area (Å²) in [6, 6.07) is 12.3. The van der Waals surface area contributed by atoms with Gasteiger partial charge in [0, 0.05) is 31.5 Å². The Bertz CT molecular complexity index is 785. The molecule has 142 valence electrons. The van der Waals surface area contributed by atoms with Crippen LogP contribution in [-0.2, 0) is 10.2 Å². The summed E-state index contributed by atoms with van der Waals surface area (Å²) in [6.07, 6.45) is 6.56. The average molecular weight is 365 g/mol. The van der Waals surface area contributed by atoms with Crippen LogP contribution in [0, 0.1) is 0 Å². The quantitative estimate of drug-likeness (QED) is 0.885. The third-order valence-corrected chi connectivity index (χ3v) is 6.16. The lowest BCUT2D eigenvalue weighted by Crippen LogP contribution is -2.43. The van der Waals surface area contributed by atoms with Crippen molar-refractivity contribution in [3.8, 4) is 0 Å². The maximum absolute atomic E-state index is 12.7. The topological polar surface area (TPSA) is 54.5 Å². The second-order valence-electron chi connectivity index (χ2n) is 7.67. The molecular formula is C22H27N3O2. The SMILES string of the molecule is COCCN1CCC2(CC1)CC(NC(=O)c1cccnc1)c1ccccc12. The van der Waals surface area contributed by atoms with E-state index in [1.54, 1.807) is 25.6 Å². The van der Waals surface area contributed by atoms with Gasteiger partial charge in [-0.15, -0.1) is 0 Å². The summed E-state index contributed by atoms with van der Waals surface area (Å²) in [7, 11) is 1.76. The van der Waals surface area contributed by atoms with Crippen LogP contribution in [0.4, 0.5) is 0 Å². The van der Waals surface area contributed by atoms with E-state index in [2.05, 4.69) is 39.5 Å². The number of piperidine rings is 1. The number of rotatable bonds is 5. The molecule has 1 atom stereocenters. The lowest BCUT2D eigenvalue weighted by atomic mass is 9.73. The lowest BCUT2D eigenvalue weighted by molar-refractivity contribution is 0.0911. The molecule has 1 amide bonds. The van der Waals surface area contributed by atoms with E-state index >= 15 is 0 Å². The largest absolute Gasteiger partial charge is 0.383 e. The molecule has 2 aliphatic rings. The summed E-state index contributed by atoms with van der Waals surface area (Å²) in [5.74, 6) is -0.0440.